The number of phenols is 1. The quantitative estimate of drug-likeness (QED) is 0.858. The normalized spacial score (nSPS) is 23.5. The molecule has 0 saturated heterocycles. The number of aryl methyl sites for hydroxylation is 1. The van der Waals surface area contributed by atoms with Gasteiger partial charge in [0.2, 0.25) is 0 Å². The predicted octanol–water partition coefficient (Wildman–Crippen LogP) is 3.94. The van der Waals surface area contributed by atoms with Gasteiger partial charge in [-0.25, -0.2) is 0 Å². The van der Waals surface area contributed by atoms with Crippen molar-refractivity contribution in [3.63, 3.8) is 0 Å². The van der Waals surface area contributed by atoms with Crippen molar-refractivity contribution in [1.82, 2.24) is 5.32 Å². The lowest BCUT2D eigenvalue weighted by Crippen LogP contribution is -2.23. The maximum Gasteiger partial charge on any atom is 0.115 e. The highest BCUT2D eigenvalue weighted by Crippen LogP contribution is 2.33. The summed E-state index contributed by atoms with van der Waals surface area (Å²) in [7, 11) is 0. The van der Waals surface area contributed by atoms with Crippen LogP contribution in [0.25, 0.3) is 0 Å². The fourth-order valence-corrected chi connectivity index (χ4v) is 3.75. The molecular formula is C17H25NO. The van der Waals surface area contributed by atoms with Crippen molar-refractivity contribution in [2.24, 2.45) is 5.92 Å². The molecule has 1 fully saturated rings. The van der Waals surface area contributed by atoms with Crippen molar-refractivity contribution in [3.05, 3.63) is 29.3 Å². The number of benzene rings is 1. The first-order valence-corrected chi connectivity index (χ1v) is 7.88. The summed E-state index contributed by atoms with van der Waals surface area (Å²) >= 11 is 0. The van der Waals surface area contributed by atoms with E-state index in [0.29, 0.717) is 11.8 Å². The summed E-state index contributed by atoms with van der Waals surface area (Å²) in [4.78, 5) is 0. The summed E-state index contributed by atoms with van der Waals surface area (Å²) in [5, 5.41) is 13.2. The first-order chi connectivity index (χ1) is 9.33. The summed E-state index contributed by atoms with van der Waals surface area (Å²) in [6.07, 6.45) is 10.8. The van der Waals surface area contributed by atoms with Crippen molar-refractivity contribution in [2.45, 2.75) is 57.4 Å². The van der Waals surface area contributed by atoms with Gasteiger partial charge in [-0.05, 0) is 55.0 Å². The molecule has 2 N–H and O–H groups in total. The van der Waals surface area contributed by atoms with Crippen LogP contribution >= 0.6 is 0 Å². The van der Waals surface area contributed by atoms with E-state index >= 15 is 0 Å². The number of phenolic OH excluding ortho intramolecular Hbond substituents is 1. The molecule has 0 radical (unpaired) electrons. The zero-order valence-corrected chi connectivity index (χ0v) is 11.7. The van der Waals surface area contributed by atoms with Gasteiger partial charge in [-0.1, -0.05) is 38.2 Å². The Morgan fingerprint density at radius 2 is 1.95 bits per heavy atom. The minimum absolute atomic E-state index is 0.404. The molecule has 1 aromatic rings. The standard InChI is InChI=1S/C17H25NO/c19-15-7-8-16-14(12-15)6-9-17(16)18-11-10-13-4-2-1-3-5-13/h7-8,12-13,17-19H,1-6,9-11H2. The Morgan fingerprint density at radius 3 is 2.79 bits per heavy atom. The van der Waals surface area contributed by atoms with E-state index in [-0.39, 0.29) is 0 Å². The number of rotatable bonds is 4. The van der Waals surface area contributed by atoms with E-state index in [1.807, 2.05) is 12.1 Å². The van der Waals surface area contributed by atoms with E-state index in [0.717, 1.165) is 18.9 Å². The van der Waals surface area contributed by atoms with Crippen LogP contribution in [0.15, 0.2) is 18.2 Å². The van der Waals surface area contributed by atoms with Gasteiger partial charge in [0.15, 0.2) is 0 Å². The molecule has 1 saturated carbocycles. The summed E-state index contributed by atoms with van der Waals surface area (Å²) in [5.41, 5.74) is 2.73. The van der Waals surface area contributed by atoms with Gasteiger partial charge < -0.3 is 10.4 Å². The second-order valence-electron chi connectivity index (χ2n) is 6.22. The number of hydrogen-bond donors (Lipinski definition) is 2. The fourth-order valence-electron chi connectivity index (χ4n) is 3.75. The van der Waals surface area contributed by atoms with Crippen LogP contribution in [0, 0.1) is 5.92 Å². The third-order valence-corrected chi connectivity index (χ3v) is 4.87. The lowest BCUT2D eigenvalue weighted by molar-refractivity contribution is 0.327. The van der Waals surface area contributed by atoms with Crippen LogP contribution in [0.1, 0.15) is 62.1 Å². The smallest absolute Gasteiger partial charge is 0.115 e. The molecule has 0 aliphatic heterocycles. The van der Waals surface area contributed by atoms with E-state index in [1.165, 1.54) is 56.1 Å². The lowest BCUT2D eigenvalue weighted by Gasteiger charge is -2.22. The molecule has 0 bridgehead atoms. The second-order valence-corrected chi connectivity index (χ2v) is 6.22. The van der Waals surface area contributed by atoms with Crippen LogP contribution in [0.2, 0.25) is 0 Å². The maximum atomic E-state index is 9.51. The average Bonchev–Trinajstić information content (AvgIpc) is 2.82. The van der Waals surface area contributed by atoms with E-state index in [9.17, 15) is 5.11 Å². The molecule has 19 heavy (non-hydrogen) atoms. The molecule has 2 aliphatic carbocycles. The Labute approximate surface area is 116 Å². The lowest BCUT2D eigenvalue weighted by atomic mass is 9.87. The molecule has 2 nitrogen and oxygen atoms in total. The minimum atomic E-state index is 0.404. The van der Waals surface area contributed by atoms with Gasteiger partial charge in [-0.15, -0.1) is 0 Å². The highest BCUT2D eigenvalue weighted by Gasteiger charge is 2.22. The van der Waals surface area contributed by atoms with E-state index in [2.05, 4.69) is 11.4 Å². The molecule has 2 heteroatoms. The van der Waals surface area contributed by atoms with Crippen molar-refractivity contribution in [3.8, 4) is 5.75 Å². The van der Waals surface area contributed by atoms with Crippen LogP contribution in [-0.4, -0.2) is 11.7 Å². The monoisotopic (exact) mass is 259 g/mol. The fraction of sp³-hybridized carbons (Fsp3) is 0.647. The van der Waals surface area contributed by atoms with Gasteiger partial charge in [-0.3, -0.25) is 0 Å². The summed E-state index contributed by atoms with van der Waals surface area (Å²) in [6, 6.07) is 6.35. The van der Waals surface area contributed by atoms with Crippen molar-refractivity contribution in [2.75, 3.05) is 6.54 Å². The summed E-state index contributed by atoms with van der Waals surface area (Å²) < 4.78 is 0. The number of nitrogens with one attached hydrogen (secondary N) is 1. The number of aromatic hydroxyl groups is 1. The zero-order valence-electron chi connectivity index (χ0n) is 11.7. The predicted molar refractivity (Wildman–Crippen MR) is 78.4 cm³/mol. The van der Waals surface area contributed by atoms with E-state index in [4.69, 9.17) is 0 Å². The van der Waals surface area contributed by atoms with E-state index < -0.39 is 0 Å². The van der Waals surface area contributed by atoms with Gasteiger partial charge in [0.05, 0.1) is 0 Å². The topological polar surface area (TPSA) is 32.3 Å². The molecule has 0 amide bonds. The van der Waals surface area contributed by atoms with Crippen LogP contribution in [-0.2, 0) is 6.42 Å². The molecule has 2 aliphatic rings. The Morgan fingerprint density at radius 1 is 1.11 bits per heavy atom. The SMILES string of the molecule is Oc1ccc2c(c1)CCC2NCCC1CCCCC1. The van der Waals surface area contributed by atoms with Crippen LogP contribution in [0.4, 0.5) is 0 Å². The molecule has 0 heterocycles. The minimum Gasteiger partial charge on any atom is -0.508 e. The molecule has 1 atom stereocenters. The van der Waals surface area contributed by atoms with Crippen LogP contribution in [0.3, 0.4) is 0 Å². The van der Waals surface area contributed by atoms with Crippen LogP contribution in [0.5, 0.6) is 5.75 Å². The largest absolute Gasteiger partial charge is 0.508 e. The number of hydrogen-bond acceptors (Lipinski definition) is 2. The second kappa shape index (κ2) is 5.96. The van der Waals surface area contributed by atoms with Crippen molar-refractivity contribution in [1.29, 1.82) is 0 Å². The van der Waals surface area contributed by atoms with Crippen molar-refractivity contribution >= 4 is 0 Å². The van der Waals surface area contributed by atoms with E-state index in [1.54, 1.807) is 0 Å². The molecule has 104 valence electrons. The zero-order chi connectivity index (χ0) is 13.1. The Kier molecular flexibility index (Phi) is 4.07. The molecule has 3 rings (SSSR count). The molecule has 1 unspecified atom stereocenters. The highest BCUT2D eigenvalue weighted by atomic mass is 16.3. The van der Waals surface area contributed by atoms with Crippen molar-refractivity contribution < 1.29 is 5.11 Å². The highest BCUT2D eigenvalue weighted by molar-refractivity contribution is 5.39. The Bertz CT molecular complexity index is 423. The molecule has 1 aromatic carbocycles. The molecular weight excluding hydrogens is 234 g/mol. The summed E-state index contributed by atoms with van der Waals surface area (Å²) in [5.74, 6) is 1.36. The average molecular weight is 259 g/mol. The summed E-state index contributed by atoms with van der Waals surface area (Å²) in [6.45, 7) is 1.15. The third kappa shape index (κ3) is 3.11. The maximum absolute atomic E-state index is 9.51. The molecule has 0 aromatic heterocycles. The third-order valence-electron chi connectivity index (χ3n) is 4.87. The first kappa shape index (κ1) is 13.0. The number of fused-ring (bicyclic) bond motifs is 1. The van der Waals surface area contributed by atoms with Gasteiger partial charge in [0.25, 0.3) is 0 Å². The van der Waals surface area contributed by atoms with Gasteiger partial charge >= 0.3 is 0 Å². The molecule has 0 spiro atoms. The Hall–Kier alpha value is -1.02. The van der Waals surface area contributed by atoms with Gasteiger partial charge in [-0.2, -0.15) is 0 Å². The Balaban J connectivity index is 1.49. The van der Waals surface area contributed by atoms with Crippen LogP contribution < -0.4 is 5.32 Å². The van der Waals surface area contributed by atoms with Gasteiger partial charge in [0.1, 0.15) is 5.75 Å². The first-order valence-electron chi connectivity index (χ1n) is 7.88. The van der Waals surface area contributed by atoms with Gasteiger partial charge in [0, 0.05) is 6.04 Å².